The number of thiophene rings is 1. The van der Waals surface area contributed by atoms with E-state index in [0.717, 1.165) is 6.42 Å². The minimum Gasteiger partial charge on any atom is -0.349 e. The van der Waals surface area contributed by atoms with Crippen molar-refractivity contribution in [2.75, 3.05) is 0 Å². The van der Waals surface area contributed by atoms with Gasteiger partial charge in [0.1, 0.15) is 0 Å². The first-order chi connectivity index (χ1) is 7.93. The number of amides is 1. The van der Waals surface area contributed by atoms with Crippen molar-refractivity contribution < 1.29 is 4.79 Å². The van der Waals surface area contributed by atoms with Crippen LogP contribution in [0.1, 0.15) is 48.0 Å². The molecule has 2 atom stereocenters. The number of hydrogen-bond acceptors (Lipinski definition) is 3. The minimum atomic E-state index is -0.0347. The Morgan fingerprint density at radius 3 is 2.65 bits per heavy atom. The number of nitrogens with one attached hydrogen (secondary N) is 1. The SMILES string of the molecule is CCC(N)CC(=O)NC(C)c1cc(C)sc1C. The zero-order valence-corrected chi connectivity index (χ0v) is 11.9. The van der Waals surface area contributed by atoms with Gasteiger partial charge in [-0.1, -0.05) is 6.92 Å². The van der Waals surface area contributed by atoms with Gasteiger partial charge in [0.15, 0.2) is 0 Å². The van der Waals surface area contributed by atoms with Crippen molar-refractivity contribution in [2.45, 2.75) is 52.6 Å². The average molecular weight is 254 g/mol. The summed E-state index contributed by atoms with van der Waals surface area (Å²) in [6, 6.07) is 2.18. The smallest absolute Gasteiger partial charge is 0.222 e. The number of nitrogens with two attached hydrogens (primary N) is 1. The molecule has 1 heterocycles. The first-order valence-electron chi connectivity index (χ1n) is 6.05. The van der Waals surface area contributed by atoms with Crippen molar-refractivity contribution in [1.82, 2.24) is 5.32 Å². The Labute approximate surface area is 107 Å². The predicted molar refractivity (Wildman–Crippen MR) is 73.2 cm³/mol. The highest BCUT2D eigenvalue weighted by Crippen LogP contribution is 2.26. The van der Waals surface area contributed by atoms with Crippen LogP contribution in [-0.4, -0.2) is 11.9 Å². The van der Waals surface area contributed by atoms with Gasteiger partial charge in [-0.15, -0.1) is 11.3 Å². The number of carbonyl (C=O) groups excluding carboxylic acids is 1. The van der Waals surface area contributed by atoms with Crippen LogP contribution >= 0.6 is 11.3 Å². The molecule has 2 unspecified atom stereocenters. The van der Waals surface area contributed by atoms with Gasteiger partial charge >= 0.3 is 0 Å². The normalized spacial score (nSPS) is 14.4. The molecule has 0 aliphatic carbocycles. The Hall–Kier alpha value is -0.870. The second kappa shape index (κ2) is 6.17. The molecule has 1 rings (SSSR count). The molecule has 0 saturated carbocycles. The maximum absolute atomic E-state index is 11.7. The van der Waals surface area contributed by atoms with Gasteiger partial charge in [-0.25, -0.2) is 0 Å². The molecular formula is C13H22N2OS. The van der Waals surface area contributed by atoms with E-state index in [-0.39, 0.29) is 18.0 Å². The van der Waals surface area contributed by atoms with E-state index < -0.39 is 0 Å². The standard InChI is InChI=1S/C13H22N2OS/c1-5-11(14)7-13(16)15-9(3)12-6-8(2)17-10(12)4/h6,9,11H,5,7,14H2,1-4H3,(H,15,16). The number of aryl methyl sites for hydroxylation is 2. The summed E-state index contributed by atoms with van der Waals surface area (Å²) in [5.74, 6) is 0.0371. The first-order valence-corrected chi connectivity index (χ1v) is 6.87. The van der Waals surface area contributed by atoms with E-state index in [9.17, 15) is 4.79 Å². The van der Waals surface area contributed by atoms with Crippen LogP contribution in [-0.2, 0) is 4.79 Å². The molecule has 96 valence electrons. The summed E-state index contributed by atoms with van der Waals surface area (Å²) in [4.78, 5) is 14.3. The van der Waals surface area contributed by atoms with E-state index >= 15 is 0 Å². The average Bonchev–Trinajstić information content (AvgIpc) is 2.57. The third kappa shape index (κ3) is 4.13. The van der Waals surface area contributed by atoms with Crippen LogP contribution in [0.5, 0.6) is 0 Å². The fourth-order valence-electron chi connectivity index (χ4n) is 1.84. The van der Waals surface area contributed by atoms with Crippen LogP contribution in [0.15, 0.2) is 6.07 Å². The van der Waals surface area contributed by atoms with Gasteiger partial charge in [0.25, 0.3) is 0 Å². The molecule has 0 spiro atoms. The molecule has 0 bridgehead atoms. The third-order valence-corrected chi connectivity index (χ3v) is 3.88. The van der Waals surface area contributed by atoms with Gasteiger partial charge in [-0.05, 0) is 38.8 Å². The molecule has 4 heteroatoms. The van der Waals surface area contributed by atoms with E-state index in [1.54, 1.807) is 11.3 Å². The van der Waals surface area contributed by atoms with E-state index in [1.165, 1.54) is 15.3 Å². The summed E-state index contributed by atoms with van der Waals surface area (Å²) < 4.78 is 0. The molecule has 1 aromatic rings. The largest absolute Gasteiger partial charge is 0.349 e. The van der Waals surface area contributed by atoms with E-state index in [1.807, 2.05) is 13.8 Å². The second-order valence-corrected chi connectivity index (χ2v) is 5.99. The van der Waals surface area contributed by atoms with Crippen molar-refractivity contribution in [3.63, 3.8) is 0 Å². The highest BCUT2D eigenvalue weighted by Gasteiger charge is 2.15. The summed E-state index contributed by atoms with van der Waals surface area (Å²) in [5, 5.41) is 3.00. The van der Waals surface area contributed by atoms with Crippen LogP contribution in [0.2, 0.25) is 0 Å². The van der Waals surface area contributed by atoms with Crippen molar-refractivity contribution in [2.24, 2.45) is 5.73 Å². The molecule has 1 amide bonds. The molecule has 0 aliphatic heterocycles. The van der Waals surface area contributed by atoms with Crippen LogP contribution < -0.4 is 11.1 Å². The fourth-order valence-corrected chi connectivity index (χ4v) is 2.86. The fraction of sp³-hybridized carbons (Fsp3) is 0.615. The highest BCUT2D eigenvalue weighted by molar-refractivity contribution is 7.12. The number of rotatable bonds is 5. The zero-order valence-electron chi connectivity index (χ0n) is 11.0. The van der Waals surface area contributed by atoms with Crippen LogP contribution in [0.3, 0.4) is 0 Å². The van der Waals surface area contributed by atoms with Gasteiger partial charge in [0, 0.05) is 22.2 Å². The van der Waals surface area contributed by atoms with Crippen molar-refractivity contribution in [3.8, 4) is 0 Å². The number of hydrogen-bond donors (Lipinski definition) is 2. The Balaban J connectivity index is 2.57. The van der Waals surface area contributed by atoms with E-state index in [0.29, 0.717) is 6.42 Å². The van der Waals surface area contributed by atoms with E-state index in [2.05, 4.69) is 25.2 Å². The van der Waals surface area contributed by atoms with Crippen LogP contribution in [0, 0.1) is 13.8 Å². The zero-order chi connectivity index (χ0) is 13.0. The van der Waals surface area contributed by atoms with Gasteiger partial charge in [0.2, 0.25) is 5.91 Å². The monoisotopic (exact) mass is 254 g/mol. The molecule has 0 fully saturated rings. The van der Waals surface area contributed by atoms with Gasteiger partial charge in [0.05, 0.1) is 6.04 Å². The summed E-state index contributed by atoms with van der Waals surface area (Å²) >= 11 is 1.77. The maximum atomic E-state index is 11.7. The molecule has 0 aliphatic rings. The second-order valence-electron chi connectivity index (χ2n) is 4.53. The van der Waals surface area contributed by atoms with Crippen LogP contribution in [0.25, 0.3) is 0 Å². The lowest BCUT2D eigenvalue weighted by Crippen LogP contribution is -2.32. The summed E-state index contributed by atoms with van der Waals surface area (Å²) in [5.41, 5.74) is 6.98. The first kappa shape index (κ1) is 14.2. The Morgan fingerprint density at radius 1 is 1.53 bits per heavy atom. The molecule has 1 aromatic heterocycles. The van der Waals surface area contributed by atoms with Crippen molar-refractivity contribution in [1.29, 1.82) is 0 Å². The quantitative estimate of drug-likeness (QED) is 0.848. The van der Waals surface area contributed by atoms with E-state index in [4.69, 9.17) is 5.73 Å². The van der Waals surface area contributed by atoms with Crippen molar-refractivity contribution in [3.05, 3.63) is 21.4 Å². The van der Waals surface area contributed by atoms with Crippen molar-refractivity contribution >= 4 is 17.2 Å². The minimum absolute atomic E-state index is 0.0347. The lowest BCUT2D eigenvalue weighted by molar-refractivity contribution is -0.122. The molecule has 3 N–H and O–H groups in total. The molecular weight excluding hydrogens is 232 g/mol. The third-order valence-electron chi connectivity index (χ3n) is 2.90. The summed E-state index contributed by atoms with van der Waals surface area (Å²) in [6.45, 7) is 8.19. The Kier molecular flexibility index (Phi) is 5.15. The number of carbonyl (C=O) groups is 1. The topological polar surface area (TPSA) is 55.1 Å². The highest BCUT2D eigenvalue weighted by atomic mass is 32.1. The van der Waals surface area contributed by atoms with Crippen LogP contribution in [0.4, 0.5) is 0 Å². The molecule has 17 heavy (non-hydrogen) atoms. The Bertz CT molecular complexity index is 387. The molecule has 0 radical (unpaired) electrons. The van der Waals surface area contributed by atoms with Gasteiger partial charge in [-0.3, -0.25) is 4.79 Å². The summed E-state index contributed by atoms with van der Waals surface area (Å²) in [6.07, 6.45) is 1.24. The maximum Gasteiger partial charge on any atom is 0.222 e. The molecule has 3 nitrogen and oxygen atoms in total. The lowest BCUT2D eigenvalue weighted by atomic mass is 10.1. The van der Waals surface area contributed by atoms with Gasteiger partial charge < -0.3 is 11.1 Å². The van der Waals surface area contributed by atoms with Gasteiger partial charge in [-0.2, -0.15) is 0 Å². The predicted octanol–water partition coefficient (Wildman–Crippen LogP) is 2.67. The Morgan fingerprint density at radius 2 is 2.18 bits per heavy atom. The summed E-state index contributed by atoms with van der Waals surface area (Å²) in [7, 11) is 0. The molecule has 0 aromatic carbocycles. The molecule has 0 saturated heterocycles. The lowest BCUT2D eigenvalue weighted by Gasteiger charge is -2.15.